The van der Waals surface area contributed by atoms with Crippen LogP contribution in [-0.2, 0) is 12.8 Å². The minimum atomic E-state index is 0.855. The van der Waals surface area contributed by atoms with Gasteiger partial charge in [-0.2, -0.15) is 0 Å². The second kappa shape index (κ2) is 5.40. The molecule has 2 heteroatoms. The third-order valence-corrected chi connectivity index (χ3v) is 4.59. The summed E-state index contributed by atoms with van der Waals surface area (Å²) in [5, 5.41) is 3.67. The SMILES string of the molecule is CCc1ccc(CC2CCC2CNC2CC2)nc1. The Kier molecular flexibility index (Phi) is 3.64. The first-order chi connectivity index (χ1) is 8.85. The van der Waals surface area contributed by atoms with Gasteiger partial charge in [-0.3, -0.25) is 4.98 Å². The first-order valence-electron chi connectivity index (χ1n) is 7.52. The summed E-state index contributed by atoms with van der Waals surface area (Å²) in [4.78, 5) is 4.59. The van der Waals surface area contributed by atoms with E-state index in [4.69, 9.17) is 0 Å². The molecule has 2 aliphatic rings. The highest BCUT2D eigenvalue weighted by atomic mass is 14.9. The van der Waals surface area contributed by atoms with Gasteiger partial charge in [0, 0.05) is 17.9 Å². The molecule has 0 bridgehead atoms. The van der Waals surface area contributed by atoms with E-state index in [1.165, 1.54) is 49.9 Å². The molecule has 2 saturated carbocycles. The monoisotopic (exact) mass is 244 g/mol. The van der Waals surface area contributed by atoms with Crippen LogP contribution in [0.2, 0.25) is 0 Å². The second-order valence-corrected chi connectivity index (χ2v) is 6.00. The van der Waals surface area contributed by atoms with Crippen LogP contribution in [0, 0.1) is 11.8 Å². The summed E-state index contributed by atoms with van der Waals surface area (Å²) < 4.78 is 0. The summed E-state index contributed by atoms with van der Waals surface area (Å²) in [6.07, 6.45) is 9.93. The molecule has 2 nitrogen and oxygen atoms in total. The molecule has 0 aliphatic heterocycles. The Morgan fingerprint density at radius 1 is 1.17 bits per heavy atom. The molecule has 1 N–H and O–H groups in total. The van der Waals surface area contributed by atoms with Gasteiger partial charge >= 0.3 is 0 Å². The lowest BCUT2D eigenvalue weighted by Crippen LogP contribution is -2.37. The van der Waals surface area contributed by atoms with Crippen molar-refractivity contribution in [3.8, 4) is 0 Å². The van der Waals surface area contributed by atoms with E-state index in [-0.39, 0.29) is 0 Å². The highest BCUT2D eigenvalue weighted by Crippen LogP contribution is 2.36. The van der Waals surface area contributed by atoms with Gasteiger partial charge in [-0.1, -0.05) is 13.0 Å². The van der Waals surface area contributed by atoms with Gasteiger partial charge in [-0.05, 0) is 68.5 Å². The van der Waals surface area contributed by atoms with Gasteiger partial charge in [-0.15, -0.1) is 0 Å². The first kappa shape index (κ1) is 12.2. The standard InChI is InChI=1S/C16H24N2/c1-2-12-3-6-16(17-10-12)9-13-4-5-14(13)11-18-15-7-8-15/h3,6,10,13-15,18H,2,4-5,7-9,11H2,1H3. The number of aryl methyl sites for hydroxylation is 1. The summed E-state index contributed by atoms with van der Waals surface area (Å²) in [7, 11) is 0. The van der Waals surface area contributed by atoms with Crippen molar-refractivity contribution in [1.82, 2.24) is 10.3 Å². The minimum absolute atomic E-state index is 0.855. The molecule has 2 atom stereocenters. The van der Waals surface area contributed by atoms with Gasteiger partial charge in [0.25, 0.3) is 0 Å². The molecular weight excluding hydrogens is 220 g/mol. The van der Waals surface area contributed by atoms with Gasteiger partial charge in [0.2, 0.25) is 0 Å². The van der Waals surface area contributed by atoms with E-state index in [0.29, 0.717) is 0 Å². The first-order valence-corrected chi connectivity index (χ1v) is 7.52. The molecule has 2 fully saturated rings. The third kappa shape index (κ3) is 2.92. The van der Waals surface area contributed by atoms with Gasteiger partial charge in [0.05, 0.1) is 0 Å². The van der Waals surface area contributed by atoms with Crippen molar-refractivity contribution in [2.45, 2.75) is 51.5 Å². The number of rotatable bonds is 6. The van der Waals surface area contributed by atoms with Crippen LogP contribution in [0.3, 0.4) is 0 Å². The fourth-order valence-corrected chi connectivity index (χ4v) is 2.83. The number of nitrogens with zero attached hydrogens (tertiary/aromatic N) is 1. The maximum atomic E-state index is 4.59. The predicted octanol–water partition coefficient (Wildman–Crippen LogP) is 2.96. The molecule has 2 unspecified atom stereocenters. The highest BCUT2D eigenvalue weighted by Gasteiger charge is 2.32. The summed E-state index contributed by atoms with van der Waals surface area (Å²) >= 11 is 0. The average Bonchev–Trinajstić information content (AvgIpc) is 3.20. The number of hydrogen-bond acceptors (Lipinski definition) is 2. The zero-order valence-corrected chi connectivity index (χ0v) is 11.4. The Balaban J connectivity index is 1.48. The van der Waals surface area contributed by atoms with Crippen molar-refractivity contribution in [3.63, 3.8) is 0 Å². The number of aromatic nitrogens is 1. The molecule has 3 rings (SSSR count). The zero-order valence-electron chi connectivity index (χ0n) is 11.4. The summed E-state index contributed by atoms with van der Waals surface area (Å²) in [6, 6.07) is 5.31. The molecule has 0 spiro atoms. The van der Waals surface area contributed by atoms with Crippen molar-refractivity contribution in [2.75, 3.05) is 6.54 Å². The molecule has 0 aromatic carbocycles. The Hall–Kier alpha value is -0.890. The fourth-order valence-electron chi connectivity index (χ4n) is 2.83. The Morgan fingerprint density at radius 3 is 2.56 bits per heavy atom. The molecule has 0 saturated heterocycles. The normalized spacial score (nSPS) is 26.9. The Bertz CT molecular complexity index is 381. The fraction of sp³-hybridized carbons (Fsp3) is 0.688. The lowest BCUT2D eigenvalue weighted by atomic mass is 9.71. The van der Waals surface area contributed by atoms with E-state index in [2.05, 4.69) is 29.4 Å². The molecule has 18 heavy (non-hydrogen) atoms. The van der Waals surface area contributed by atoms with Crippen LogP contribution in [0.4, 0.5) is 0 Å². The lowest BCUT2D eigenvalue weighted by molar-refractivity contribution is 0.169. The van der Waals surface area contributed by atoms with Gasteiger partial charge in [0.1, 0.15) is 0 Å². The lowest BCUT2D eigenvalue weighted by Gasteiger charge is -2.37. The molecule has 2 aliphatic carbocycles. The Morgan fingerprint density at radius 2 is 2.00 bits per heavy atom. The van der Waals surface area contributed by atoms with E-state index in [1.54, 1.807) is 0 Å². The van der Waals surface area contributed by atoms with Crippen molar-refractivity contribution in [3.05, 3.63) is 29.6 Å². The van der Waals surface area contributed by atoms with Crippen LogP contribution in [0.5, 0.6) is 0 Å². The maximum absolute atomic E-state index is 4.59. The predicted molar refractivity (Wildman–Crippen MR) is 74.6 cm³/mol. The van der Waals surface area contributed by atoms with Gasteiger partial charge in [0.15, 0.2) is 0 Å². The van der Waals surface area contributed by atoms with Crippen LogP contribution >= 0.6 is 0 Å². The molecule has 1 aromatic heterocycles. The molecule has 1 heterocycles. The molecule has 98 valence electrons. The maximum Gasteiger partial charge on any atom is 0.0406 e. The van der Waals surface area contributed by atoms with Crippen LogP contribution in [-0.4, -0.2) is 17.6 Å². The number of pyridine rings is 1. The average molecular weight is 244 g/mol. The largest absolute Gasteiger partial charge is 0.314 e. The molecular formula is C16H24N2. The van der Waals surface area contributed by atoms with Gasteiger partial charge < -0.3 is 5.32 Å². The summed E-state index contributed by atoms with van der Waals surface area (Å²) in [6.45, 7) is 3.42. The zero-order chi connectivity index (χ0) is 12.4. The summed E-state index contributed by atoms with van der Waals surface area (Å²) in [5.41, 5.74) is 2.63. The Labute approximate surface area is 110 Å². The topological polar surface area (TPSA) is 24.9 Å². The van der Waals surface area contributed by atoms with Crippen molar-refractivity contribution in [1.29, 1.82) is 0 Å². The number of nitrogens with one attached hydrogen (secondary N) is 1. The van der Waals surface area contributed by atoms with Crippen LogP contribution < -0.4 is 5.32 Å². The highest BCUT2D eigenvalue weighted by molar-refractivity contribution is 5.14. The van der Waals surface area contributed by atoms with E-state index < -0.39 is 0 Å². The van der Waals surface area contributed by atoms with Crippen LogP contribution in [0.15, 0.2) is 18.3 Å². The van der Waals surface area contributed by atoms with Crippen molar-refractivity contribution in [2.24, 2.45) is 11.8 Å². The van der Waals surface area contributed by atoms with E-state index in [1.807, 2.05) is 6.20 Å². The van der Waals surface area contributed by atoms with Gasteiger partial charge in [-0.25, -0.2) is 0 Å². The van der Waals surface area contributed by atoms with E-state index in [9.17, 15) is 0 Å². The second-order valence-electron chi connectivity index (χ2n) is 6.00. The number of hydrogen-bond donors (Lipinski definition) is 1. The quantitative estimate of drug-likeness (QED) is 0.832. The summed E-state index contributed by atoms with van der Waals surface area (Å²) in [5.74, 6) is 1.77. The molecule has 0 radical (unpaired) electrons. The third-order valence-electron chi connectivity index (χ3n) is 4.59. The smallest absolute Gasteiger partial charge is 0.0406 e. The van der Waals surface area contributed by atoms with E-state index >= 15 is 0 Å². The molecule has 1 aromatic rings. The van der Waals surface area contributed by atoms with Crippen molar-refractivity contribution >= 4 is 0 Å². The van der Waals surface area contributed by atoms with Crippen LogP contribution in [0.1, 0.15) is 43.9 Å². The van der Waals surface area contributed by atoms with E-state index in [0.717, 1.165) is 24.3 Å². The molecule has 0 amide bonds. The minimum Gasteiger partial charge on any atom is -0.314 e. The van der Waals surface area contributed by atoms with Crippen LogP contribution in [0.25, 0.3) is 0 Å². The van der Waals surface area contributed by atoms with Crippen molar-refractivity contribution < 1.29 is 0 Å².